The predicted octanol–water partition coefficient (Wildman–Crippen LogP) is 5.08. The summed E-state index contributed by atoms with van der Waals surface area (Å²) in [5.41, 5.74) is 7.81. The number of aryl methyl sites for hydroxylation is 1. The van der Waals surface area contributed by atoms with Gasteiger partial charge in [0.15, 0.2) is 0 Å². The zero-order valence-electron chi connectivity index (χ0n) is 14.9. The van der Waals surface area contributed by atoms with Crippen LogP contribution < -0.4 is 5.14 Å². The first-order valence-electron chi connectivity index (χ1n) is 8.65. The van der Waals surface area contributed by atoms with Crippen molar-refractivity contribution >= 4 is 10.0 Å². The highest BCUT2D eigenvalue weighted by atomic mass is 32.2. The topological polar surface area (TPSA) is 60.2 Å². The Bertz CT molecular complexity index is 1200. The largest absolute Gasteiger partial charge is 0.238 e. The van der Waals surface area contributed by atoms with Gasteiger partial charge in [-0.3, -0.25) is 0 Å². The zero-order chi connectivity index (χ0) is 19.0. The first-order valence-corrected chi connectivity index (χ1v) is 10.2. The summed E-state index contributed by atoms with van der Waals surface area (Å²) >= 11 is 0. The first-order chi connectivity index (χ1) is 12.9. The van der Waals surface area contributed by atoms with Crippen LogP contribution in [0.15, 0.2) is 89.8 Å². The Kier molecular flexibility index (Phi) is 4.30. The maximum Gasteiger partial charge on any atom is 0.238 e. The average Bonchev–Trinajstić information content (AvgIpc) is 2.84. The van der Waals surface area contributed by atoms with Crippen molar-refractivity contribution in [3.63, 3.8) is 0 Å². The SMILES string of the molecule is Cc1cccc(-c2c3cccccc-3cc2-c2ccc(S(N)(=O)=O)cc2)c1. The van der Waals surface area contributed by atoms with E-state index < -0.39 is 10.0 Å². The van der Waals surface area contributed by atoms with Gasteiger partial charge >= 0.3 is 0 Å². The van der Waals surface area contributed by atoms with Gasteiger partial charge in [-0.25, -0.2) is 13.6 Å². The van der Waals surface area contributed by atoms with Crippen LogP contribution in [0.1, 0.15) is 5.56 Å². The highest BCUT2D eigenvalue weighted by Crippen LogP contribution is 2.44. The van der Waals surface area contributed by atoms with Crippen LogP contribution in [-0.2, 0) is 10.0 Å². The van der Waals surface area contributed by atoms with Gasteiger partial charge in [0.25, 0.3) is 0 Å². The normalized spacial score (nSPS) is 11.6. The lowest BCUT2D eigenvalue weighted by atomic mass is 9.95. The van der Waals surface area contributed by atoms with Gasteiger partial charge in [-0.15, -0.1) is 0 Å². The Balaban J connectivity index is 1.98. The van der Waals surface area contributed by atoms with E-state index in [0.717, 1.165) is 33.4 Å². The van der Waals surface area contributed by atoms with E-state index in [-0.39, 0.29) is 4.90 Å². The molecule has 0 fully saturated rings. The molecule has 27 heavy (non-hydrogen) atoms. The summed E-state index contributed by atoms with van der Waals surface area (Å²) in [5.74, 6) is 0. The Morgan fingerprint density at radius 1 is 0.667 bits per heavy atom. The van der Waals surface area contributed by atoms with Crippen LogP contribution in [0.25, 0.3) is 33.4 Å². The van der Waals surface area contributed by atoms with E-state index in [1.807, 2.05) is 30.3 Å². The van der Waals surface area contributed by atoms with E-state index >= 15 is 0 Å². The molecule has 0 unspecified atom stereocenters. The standard InChI is InChI=1S/C23H19NO2S/c1-16-6-5-8-19(14-16)23-21-9-4-2-3-7-18(21)15-22(23)17-10-12-20(13-11-17)27(24,25)26/h2-15H,1H3,(H2,24,25,26). The molecule has 0 heterocycles. The molecule has 2 aliphatic carbocycles. The number of hydrogen-bond acceptors (Lipinski definition) is 2. The second kappa shape index (κ2) is 6.65. The minimum Gasteiger partial charge on any atom is -0.225 e. The summed E-state index contributed by atoms with van der Waals surface area (Å²) in [6.07, 6.45) is 0. The molecule has 3 nitrogen and oxygen atoms in total. The van der Waals surface area contributed by atoms with Crippen LogP contribution in [0.2, 0.25) is 0 Å². The van der Waals surface area contributed by atoms with Crippen molar-refractivity contribution in [2.45, 2.75) is 11.8 Å². The molecule has 4 rings (SSSR count). The van der Waals surface area contributed by atoms with Crippen molar-refractivity contribution in [2.24, 2.45) is 5.14 Å². The smallest absolute Gasteiger partial charge is 0.225 e. The van der Waals surface area contributed by atoms with Gasteiger partial charge in [0.1, 0.15) is 0 Å². The minimum atomic E-state index is -3.70. The fraction of sp³-hybridized carbons (Fsp3) is 0.0435. The summed E-state index contributed by atoms with van der Waals surface area (Å²) in [6.45, 7) is 2.08. The third-order valence-electron chi connectivity index (χ3n) is 4.71. The van der Waals surface area contributed by atoms with Gasteiger partial charge in [0.2, 0.25) is 10.0 Å². The molecule has 0 aliphatic heterocycles. The highest BCUT2D eigenvalue weighted by molar-refractivity contribution is 7.89. The minimum absolute atomic E-state index is 0.117. The Hall–Kier alpha value is -2.95. The lowest BCUT2D eigenvalue weighted by Crippen LogP contribution is -2.11. The Morgan fingerprint density at radius 2 is 1.37 bits per heavy atom. The molecule has 4 heteroatoms. The van der Waals surface area contributed by atoms with Crippen LogP contribution in [-0.4, -0.2) is 8.42 Å². The highest BCUT2D eigenvalue weighted by Gasteiger charge is 2.18. The molecule has 0 bridgehead atoms. The Labute approximate surface area is 159 Å². The molecular formula is C23H19NO2S. The number of hydrogen-bond donors (Lipinski definition) is 1. The number of benzene rings is 2. The maximum absolute atomic E-state index is 11.6. The van der Waals surface area contributed by atoms with E-state index in [1.165, 1.54) is 5.56 Å². The van der Waals surface area contributed by atoms with Crippen molar-refractivity contribution in [1.82, 2.24) is 0 Å². The van der Waals surface area contributed by atoms with Crippen LogP contribution in [0.5, 0.6) is 0 Å². The molecule has 2 aromatic carbocycles. The third kappa shape index (κ3) is 3.37. The molecule has 0 atom stereocenters. The average molecular weight is 373 g/mol. The predicted molar refractivity (Wildman–Crippen MR) is 110 cm³/mol. The van der Waals surface area contributed by atoms with Crippen LogP contribution in [0, 0.1) is 6.92 Å². The van der Waals surface area contributed by atoms with Gasteiger partial charge in [-0.2, -0.15) is 0 Å². The quantitative estimate of drug-likeness (QED) is 0.544. The molecule has 2 aliphatic rings. The van der Waals surface area contributed by atoms with E-state index in [0.29, 0.717) is 0 Å². The van der Waals surface area contributed by atoms with Crippen molar-refractivity contribution in [2.75, 3.05) is 0 Å². The Morgan fingerprint density at radius 3 is 2.07 bits per heavy atom. The molecule has 0 radical (unpaired) electrons. The fourth-order valence-corrected chi connectivity index (χ4v) is 3.97. The van der Waals surface area contributed by atoms with Crippen LogP contribution in [0.3, 0.4) is 0 Å². The van der Waals surface area contributed by atoms with Gasteiger partial charge < -0.3 is 0 Å². The molecule has 134 valence electrons. The van der Waals surface area contributed by atoms with Gasteiger partial charge in [0.05, 0.1) is 4.90 Å². The van der Waals surface area contributed by atoms with E-state index in [2.05, 4.69) is 49.4 Å². The van der Waals surface area contributed by atoms with Gasteiger partial charge in [-0.05, 0) is 58.5 Å². The van der Waals surface area contributed by atoms with E-state index in [9.17, 15) is 8.42 Å². The van der Waals surface area contributed by atoms with Gasteiger partial charge in [0, 0.05) is 0 Å². The number of sulfonamides is 1. The molecule has 2 aromatic rings. The first kappa shape index (κ1) is 17.5. The summed E-state index contributed by atoms with van der Waals surface area (Å²) < 4.78 is 23.1. The van der Waals surface area contributed by atoms with Crippen molar-refractivity contribution in [3.8, 4) is 33.4 Å². The van der Waals surface area contributed by atoms with Crippen LogP contribution in [0.4, 0.5) is 0 Å². The molecule has 0 amide bonds. The third-order valence-corrected chi connectivity index (χ3v) is 5.64. The molecule has 0 saturated heterocycles. The van der Waals surface area contributed by atoms with Crippen molar-refractivity contribution < 1.29 is 8.42 Å². The maximum atomic E-state index is 11.6. The number of rotatable bonds is 3. The molecule has 0 spiro atoms. The van der Waals surface area contributed by atoms with Crippen LogP contribution >= 0.6 is 0 Å². The van der Waals surface area contributed by atoms with E-state index in [4.69, 9.17) is 5.14 Å². The number of nitrogens with two attached hydrogens (primary N) is 1. The monoisotopic (exact) mass is 373 g/mol. The number of fused-ring (bicyclic) bond motifs is 1. The molecule has 2 N–H and O–H groups in total. The lowest BCUT2D eigenvalue weighted by Gasteiger charge is -2.09. The van der Waals surface area contributed by atoms with E-state index in [1.54, 1.807) is 12.1 Å². The summed E-state index contributed by atoms with van der Waals surface area (Å²) in [5, 5.41) is 5.23. The molecule has 0 aromatic heterocycles. The second-order valence-corrected chi connectivity index (χ2v) is 8.21. The fourth-order valence-electron chi connectivity index (χ4n) is 3.45. The number of primary sulfonamides is 1. The summed E-state index contributed by atoms with van der Waals surface area (Å²) in [6, 6.07) is 27.6. The molecule has 0 saturated carbocycles. The zero-order valence-corrected chi connectivity index (χ0v) is 15.7. The summed E-state index contributed by atoms with van der Waals surface area (Å²) in [7, 11) is -3.70. The lowest BCUT2D eigenvalue weighted by molar-refractivity contribution is 0.598. The summed E-state index contributed by atoms with van der Waals surface area (Å²) in [4.78, 5) is 0.117. The van der Waals surface area contributed by atoms with Gasteiger partial charge in [-0.1, -0.05) is 72.3 Å². The molecular weight excluding hydrogens is 354 g/mol. The second-order valence-electron chi connectivity index (χ2n) is 6.65. The van der Waals surface area contributed by atoms with Crippen molar-refractivity contribution in [3.05, 3.63) is 90.5 Å². The van der Waals surface area contributed by atoms with Crippen molar-refractivity contribution in [1.29, 1.82) is 0 Å².